The van der Waals surface area contributed by atoms with Crippen LogP contribution in [0, 0.1) is 6.92 Å². The monoisotopic (exact) mass is 301 g/mol. The van der Waals surface area contributed by atoms with Crippen molar-refractivity contribution >= 4 is 39.0 Å². The number of benzene rings is 1. The number of rotatable bonds is 1. The third-order valence-corrected chi connectivity index (χ3v) is 3.93. The molecular weight excluding hydrogens is 289 g/mol. The average Bonchev–Trinajstić information content (AvgIpc) is 2.25. The predicted octanol–water partition coefficient (Wildman–Crippen LogP) is 3.58. The molecule has 1 heterocycles. The van der Waals surface area contributed by atoms with Crippen molar-refractivity contribution in [2.24, 2.45) is 0 Å². The highest BCUT2D eigenvalue weighted by Gasteiger charge is 2.18. The number of aryl methyl sites for hydroxylation is 1. The Morgan fingerprint density at radius 1 is 1.31 bits per heavy atom. The SMILES string of the molecule is Cc1cc(Br)c(N2CCC(=O)CC2)cc1Cl. The lowest BCUT2D eigenvalue weighted by molar-refractivity contribution is -0.119. The Morgan fingerprint density at radius 2 is 1.94 bits per heavy atom. The van der Waals surface area contributed by atoms with Crippen molar-refractivity contribution < 1.29 is 4.79 Å². The number of carbonyl (C=O) groups is 1. The summed E-state index contributed by atoms with van der Waals surface area (Å²) < 4.78 is 1.05. The quantitative estimate of drug-likeness (QED) is 0.790. The van der Waals surface area contributed by atoms with Crippen LogP contribution in [0.5, 0.6) is 0 Å². The second kappa shape index (κ2) is 4.76. The fourth-order valence-corrected chi connectivity index (χ4v) is 2.74. The molecule has 86 valence electrons. The average molecular weight is 303 g/mol. The topological polar surface area (TPSA) is 20.3 Å². The van der Waals surface area contributed by atoms with Gasteiger partial charge in [0, 0.05) is 35.4 Å². The number of halogens is 2. The van der Waals surface area contributed by atoms with Crippen LogP contribution in [0.4, 0.5) is 5.69 Å². The molecule has 1 aliphatic rings. The zero-order chi connectivity index (χ0) is 11.7. The maximum absolute atomic E-state index is 11.2. The van der Waals surface area contributed by atoms with E-state index in [2.05, 4.69) is 20.8 Å². The van der Waals surface area contributed by atoms with Crippen LogP contribution in [0.1, 0.15) is 18.4 Å². The first-order valence-corrected chi connectivity index (χ1v) is 6.47. The van der Waals surface area contributed by atoms with E-state index in [0.29, 0.717) is 18.6 Å². The van der Waals surface area contributed by atoms with Crippen LogP contribution in [0.25, 0.3) is 0 Å². The van der Waals surface area contributed by atoms with Crippen LogP contribution < -0.4 is 4.90 Å². The molecule has 2 nitrogen and oxygen atoms in total. The standard InChI is InChI=1S/C12H13BrClNO/c1-8-6-10(13)12(7-11(8)14)15-4-2-9(16)3-5-15/h6-7H,2-5H2,1H3. The number of piperidine rings is 1. The molecule has 0 unspecified atom stereocenters. The molecule has 0 spiro atoms. The Morgan fingerprint density at radius 3 is 2.56 bits per heavy atom. The van der Waals surface area contributed by atoms with E-state index < -0.39 is 0 Å². The molecule has 4 heteroatoms. The number of hydrogen-bond donors (Lipinski definition) is 0. The van der Waals surface area contributed by atoms with Gasteiger partial charge in [0.15, 0.2) is 0 Å². The van der Waals surface area contributed by atoms with Crippen molar-refractivity contribution in [3.8, 4) is 0 Å². The lowest BCUT2D eigenvalue weighted by Gasteiger charge is -2.29. The largest absolute Gasteiger partial charge is 0.370 e. The van der Waals surface area contributed by atoms with Gasteiger partial charge < -0.3 is 4.90 Å². The van der Waals surface area contributed by atoms with Crippen molar-refractivity contribution in [3.05, 3.63) is 27.2 Å². The molecule has 0 atom stereocenters. The molecule has 1 saturated heterocycles. The number of carbonyl (C=O) groups excluding carboxylic acids is 1. The summed E-state index contributed by atoms with van der Waals surface area (Å²) >= 11 is 9.67. The Kier molecular flexibility index (Phi) is 3.55. The van der Waals surface area contributed by atoms with Gasteiger partial charge in [-0.3, -0.25) is 4.79 Å². The summed E-state index contributed by atoms with van der Waals surface area (Å²) in [4.78, 5) is 13.4. The molecular formula is C12H13BrClNO. The van der Waals surface area contributed by atoms with Crippen molar-refractivity contribution in [3.63, 3.8) is 0 Å². The van der Waals surface area contributed by atoms with E-state index in [1.807, 2.05) is 19.1 Å². The highest BCUT2D eigenvalue weighted by atomic mass is 79.9. The maximum atomic E-state index is 11.2. The van der Waals surface area contributed by atoms with E-state index in [0.717, 1.165) is 33.8 Å². The van der Waals surface area contributed by atoms with E-state index in [9.17, 15) is 4.79 Å². The van der Waals surface area contributed by atoms with E-state index in [1.165, 1.54) is 0 Å². The Hall–Kier alpha value is -0.540. The van der Waals surface area contributed by atoms with Crippen molar-refractivity contribution in [2.75, 3.05) is 18.0 Å². The third kappa shape index (κ3) is 2.41. The summed E-state index contributed by atoms with van der Waals surface area (Å²) in [5, 5.41) is 0.773. The Labute approximate surface area is 109 Å². The van der Waals surface area contributed by atoms with Gasteiger partial charge in [-0.05, 0) is 40.5 Å². The summed E-state index contributed by atoms with van der Waals surface area (Å²) in [5.74, 6) is 0.352. The minimum absolute atomic E-state index is 0.352. The smallest absolute Gasteiger partial charge is 0.136 e. The van der Waals surface area contributed by atoms with E-state index in [1.54, 1.807) is 0 Å². The van der Waals surface area contributed by atoms with Crippen LogP contribution in [0.15, 0.2) is 16.6 Å². The molecule has 2 rings (SSSR count). The summed E-state index contributed by atoms with van der Waals surface area (Å²) in [6.07, 6.45) is 1.27. The maximum Gasteiger partial charge on any atom is 0.136 e. The first-order chi connectivity index (χ1) is 7.58. The van der Waals surface area contributed by atoms with Gasteiger partial charge in [-0.2, -0.15) is 0 Å². The van der Waals surface area contributed by atoms with Crippen molar-refractivity contribution in [1.82, 2.24) is 0 Å². The molecule has 0 aliphatic carbocycles. The van der Waals surface area contributed by atoms with Crippen LogP contribution in [0.2, 0.25) is 5.02 Å². The Bertz CT molecular complexity index is 423. The molecule has 1 fully saturated rings. The lowest BCUT2D eigenvalue weighted by Crippen LogP contribution is -2.33. The van der Waals surface area contributed by atoms with Crippen LogP contribution in [-0.2, 0) is 4.79 Å². The van der Waals surface area contributed by atoms with Gasteiger partial charge in [0.1, 0.15) is 5.78 Å². The molecule has 16 heavy (non-hydrogen) atoms. The molecule has 0 amide bonds. The summed E-state index contributed by atoms with van der Waals surface area (Å²) in [6, 6.07) is 3.99. The fourth-order valence-electron chi connectivity index (χ4n) is 1.88. The first kappa shape index (κ1) is 11.9. The van der Waals surface area contributed by atoms with Gasteiger partial charge >= 0.3 is 0 Å². The molecule has 0 N–H and O–H groups in total. The third-order valence-electron chi connectivity index (χ3n) is 2.89. The number of anilines is 1. The normalized spacial score (nSPS) is 16.7. The summed E-state index contributed by atoms with van der Waals surface area (Å²) in [7, 11) is 0. The van der Waals surface area contributed by atoms with Gasteiger partial charge in [-0.1, -0.05) is 11.6 Å². The zero-order valence-electron chi connectivity index (χ0n) is 9.09. The summed E-state index contributed by atoms with van der Waals surface area (Å²) in [5.41, 5.74) is 2.15. The van der Waals surface area contributed by atoms with Gasteiger partial charge in [0.2, 0.25) is 0 Å². The zero-order valence-corrected chi connectivity index (χ0v) is 11.4. The molecule has 1 aliphatic heterocycles. The minimum atomic E-state index is 0.352. The van der Waals surface area contributed by atoms with E-state index >= 15 is 0 Å². The van der Waals surface area contributed by atoms with E-state index in [4.69, 9.17) is 11.6 Å². The fraction of sp³-hybridized carbons (Fsp3) is 0.417. The second-order valence-electron chi connectivity index (χ2n) is 4.08. The molecule has 0 saturated carbocycles. The van der Waals surface area contributed by atoms with E-state index in [-0.39, 0.29) is 0 Å². The predicted molar refractivity (Wildman–Crippen MR) is 70.3 cm³/mol. The Balaban J connectivity index is 2.26. The van der Waals surface area contributed by atoms with Gasteiger partial charge in [0.25, 0.3) is 0 Å². The van der Waals surface area contributed by atoms with Crippen molar-refractivity contribution in [1.29, 1.82) is 0 Å². The number of nitrogens with zero attached hydrogens (tertiary/aromatic N) is 1. The second-order valence-corrected chi connectivity index (χ2v) is 5.34. The molecule has 1 aromatic rings. The molecule has 0 radical (unpaired) electrons. The first-order valence-electron chi connectivity index (χ1n) is 5.30. The minimum Gasteiger partial charge on any atom is -0.370 e. The van der Waals surface area contributed by atoms with Gasteiger partial charge in [0.05, 0.1) is 5.69 Å². The van der Waals surface area contributed by atoms with Crippen molar-refractivity contribution in [2.45, 2.75) is 19.8 Å². The number of Topliss-reactive ketones (excluding diaryl/α,β-unsaturated/α-hetero) is 1. The van der Waals surface area contributed by atoms with Crippen LogP contribution in [0.3, 0.4) is 0 Å². The highest BCUT2D eigenvalue weighted by molar-refractivity contribution is 9.10. The summed E-state index contributed by atoms with van der Waals surface area (Å²) in [6.45, 7) is 3.56. The van der Waals surface area contributed by atoms with Gasteiger partial charge in [-0.15, -0.1) is 0 Å². The van der Waals surface area contributed by atoms with Gasteiger partial charge in [-0.25, -0.2) is 0 Å². The highest BCUT2D eigenvalue weighted by Crippen LogP contribution is 2.33. The number of ketones is 1. The lowest BCUT2D eigenvalue weighted by atomic mass is 10.1. The van der Waals surface area contributed by atoms with Crippen LogP contribution >= 0.6 is 27.5 Å². The molecule has 0 aromatic heterocycles. The molecule has 0 bridgehead atoms. The molecule has 1 aromatic carbocycles. The number of hydrogen-bond acceptors (Lipinski definition) is 2. The van der Waals surface area contributed by atoms with Crippen LogP contribution in [-0.4, -0.2) is 18.9 Å².